The highest BCUT2D eigenvalue weighted by Crippen LogP contribution is 2.28. The van der Waals surface area contributed by atoms with Gasteiger partial charge in [0.05, 0.1) is 11.2 Å². The van der Waals surface area contributed by atoms with Crippen molar-refractivity contribution < 1.29 is 0 Å². The lowest BCUT2D eigenvalue weighted by Crippen LogP contribution is -2.36. The van der Waals surface area contributed by atoms with E-state index in [0.717, 1.165) is 48.0 Å². The highest BCUT2D eigenvalue weighted by Gasteiger charge is 2.20. The maximum atomic E-state index is 5.75. The van der Waals surface area contributed by atoms with Crippen LogP contribution in [0.3, 0.4) is 0 Å². The van der Waals surface area contributed by atoms with E-state index in [1.165, 1.54) is 5.69 Å². The summed E-state index contributed by atoms with van der Waals surface area (Å²) in [6.07, 6.45) is 6.02. The second kappa shape index (κ2) is 5.43. The molecule has 0 saturated carbocycles. The number of rotatable bonds is 2. The molecule has 0 spiro atoms. The molecule has 1 aliphatic rings. The van der Waals surface area contributed by atoms with Gasteiger partial charge in [-0.05, 0) is 53.4 Å². The van der Waals surface area contributed by atoms with Crippen LogP contribution in [0.5, 0.6) is 0 Å². The van der Waals surface area contributed by atoms with E-state index in [2.05, 4.69) is 36.9 Å². The molecule has 100 valence electrons. The SMILES string of the molecule is NCC1CCN(c2ccnc3cc(Br)cnc23)CC1. The van der Waals surface area contributed by atoms with Crippen molar-refractivity contribution in [2.75, 3.05) is 24.5 Å². The van der Waals surface area contributed by atoms with Gasteiger partial charge in [0.2, 0.25) is 0 Å². The smallest absolute Gasteiger partial charge is 0.112 e. The van der Waals surface area contributed by atoms with Gasteiger partial charge in [-0.1, -0.05) is 0 Å². The molecule has 0 amide bonds. The molecule has 3 rings (SSSR count). The van der Waals surface area contributed by atoms with E-state index in [1.54, 1.807) is 0 Å². The Balaban J connectivity index is 1.93. The number of anilines is 1. The van der Waals surface area contributed by atoms with Gasteiger partial charge >= 0.3 is 0 Å². The van der Waals surface area contributed by atoms with Crippen LogP contribution in [0.15, 0.2) is 29.0 Å². The van der Waals surface area contributed by atoms with Crippen LogP contribution in [0.1, 0.15) is 12.8 Å². The molecule has 0 aliphatic carbocycles. The van der Waals surface area contributed by atoms with Gasteiger partial charge in [0.1, 0.15) is 5.52 Å². The number of pyridine rings is 2. The van der Waals surface area contributed by atoms with Crippen LogP contribution in [0.25, 0.3) is 11.0 Å². The lowest BCUT2D eigenvalue weighted by molar-refractivity contribution is 0.415. The Bertz CT molecular complexity index is 579. The molecule has 1 saturated heterocycles. The molecule has 2 aromatic heterocycles. The summed E-state index contributed by atoms with van der Waals surface area (Å²) >= 11 is 3.44. The number of halogens is 1. The lowest BCUT2D eigenvalue weighted by Gasteiger charge is -2.33. The van der Waals surface area contributed by atoms with E-state index in [0.29, 0.717) is 5.92 Å². The van der Waals surface area contributed by atoms with Crippen molar-refractivity contribution in [3.63, 3.8) is 0 Å². The molecule has 1 fully saturated rings. The minimum atomic E-state index is 0.673. The second-order valence-corrected chi connectivity index (χ2v) is 5.93. The van der Waals surface area contributed by atoms with Crippen LogP contribution in [0, 0.1) is 5.92 Å². The van der Waals surface area contributed by atoms with Crippen LogP contribution in [-0.2, 0) is 0 Å². The van der Waals surface area contributed by atoms with Crippen LogP contribution >= 0.6 is 15.9 Å². The van der Waals surface area contributed by atoms with E-state index < -0.39 is 0 Å². The molecule has 5 heteroatoms. The Kier molecular flexibility index (Phi) is 3.66. The minimum absolute atomic E-state index is 0.673. The number of fused-ring (bicyclic) bond motifs is 1. The summed E-state index contributed by atoms with van der Waals surface area (Å²) in [7, 11) is 0. The number of hydrogen-bond acceptors (Lipinski definition) is 4. The highest BCUT2D eigenvalue weighted by molar-refractivity contribution is 9.10. The topological polar surface area (TPSA) is 55.0 Å². The molecule has 0 aromatic carbocycles. The molecule has 0 unspecified atom stereocenters. The van der Waals surface area contributed by atoms with Crippen molar-refractivity contribution >= 4 is 32.7 Å². The summed E-state index contributed by atoms with van der Waals surface area (Å²) in [5.41, 5.74) is 8.86. The van der Waals surface area contributed by atoms with Gasteiger partial charge in [-0.25, -0.2) is 0 Å². The summed E-state index contributed by atoms with van der Waals surface area (Å²) in [6.45, 7) is 2.91. The number of hydrogen-bond donors (Lipinski definition) is 1. The van der Waals surface area contributed by atoms with Gasteiger partial charge in [-0.15, -0.1) is 0 Å². The molecule has 4 nitrogen and oxygen atoms in total. The molecular formula is C14H17BrN4. The molecule has 2 N–H and O–H groups in total. The van der Waals surface area contributed by atoms with Gasteiger partial charge in [-0.2, -0.15) is 0 Å². The normalized spacial score (nSPS) is 17.1. The van der Waals surface area contributed by atoms with Crippen molar-refractivity contribution in [2.45, 2.75) is 12.8 Å². The van der Waals surface area contributed by atoms with Gasteiger partial charge in [0.15, 0.2) is 0 Å². The quantitative estimate of drug-likeness (QED) is 0.924. The highest BCUT2D eigenvalue weighted by atomic mass is 79.9. The molecule has 0 radical (unpaired) electrons. The van der Waals surface area contributed by atoms with Gasteiger partial charge in [-0.3, -0.25) is 9.97 Å². The minimum Gasteiger partial charge on any atom is -0.370 e. The van der Waals surface area contributed by atoms with Crippen LogP contribution in [-0.4, -0.2) is 29.6 Å². The predicted octanol–water partition coefficient (Wildman–Crippen LogP) is 2.57. The fourth-order valence-corrected chi connectivity index (χ4v) is 2.98. The third-order valence-corrected chi connectivity index (χ3v) is 4.25. The van der Waals surface area contributed by atoms with Crippen molar-refractivity contribution in [1.29, 1.82) is 0 Å². The van der Waals surface area contributed by atoms with Crippen molar-refractivity contribution in [1.82, 2.24) is 9.97 Å². The largest absolute Gasteiger partial charge is 0.370 e. The van der Waals surface area contributed by atoms with Gasteiger partial charge in [0.25, 0.3) is 0 Å². The molecule has 0 atom stereocenters. The van der Waals surface area contributed by atoms with Gasteiger partial charge in [0, 0.05) is 30.0 Å². The van der Waals surface area contributed by atoms with Crippen molar-refractivity contribution in [3.05, 3.63) is 29.0 Å². The van der Waals surface area contributed by atoms with Crippen LogP contribution in [0.4, 0.5) is 5.69 Å². The maximum absolute atomic E-state index is 5.75. The van der Waals surface area contributed by atoms with E-state index in [9.17, 15) is 0 Å². The standard InChI is InChI=1S/C14H17BrN4/c15-11-7-12-14(18-9-11)13(1-4-17-12)19-5-2-10(8-16)3-6-19/h1,4,7,9-10H,2-3,5-6,8,16H2. The number of nitrogens with two attached hydrogens (primary N) is 1. The fourth-order valence-electron chi connectivity index (χ4n) is 2.66. The molecular weight excluding hydrogens is 304 g/mol. The Labute approximate surface area is 121 Å². The second-order valence-electron chi connectivity index (χ2n) is 5.02. The van der Waals surface area contributed by atoms with E-state index in [-0.39, 0.29) is 0 Å². The van der Waals surface area contributed by atoms with E-state index in [4.69, 9.17) is 5.73 Å². The zero-order valence-corrected chi connectivity index (χ0v) is 12.3. The zero-order valence-electron chi connectivity index (χ0n) is 10.7. The first kappa shape index (κ1) is 12.8. The average molecular weight is 321 g/mol. The molecule has 1 aliphatic heterocycles. The van der Waals surface area contributed by atoms with Crippen molar-refractivity contribution in [3.8, 4) is 0 Å². The van der Waals surface area contributed by atoms with Crippen LogP contribution in [0.2, 0.25) is 0 Å². The van der Waals surface area contributed by atoms with Gasteiger partial charge < -0.3 is 10.6 Å². The summed E-state index contributed by atoms with van der Waals surface area (Å²) in [6, 6.07) is 4.07. The molecule has 2 aromatic rings. The summed E-state index contributed by atoms with van der Waals surface area (Å²) in [5.74, 6) is 0.673. The zero-order chi connectivity index (χ0) is 13.2. The van der Waals surface area contributed by atoms with E-state index in [1.807, 2.05) is 18.5 Å². The first-order valence-electron chi connectivity index (χ1n) is 6.63. The molecule has 0 bridgehead atoms. The summed E-state index contributed by atoms with van der Waals surface area (Å²) in [4.78, 5) is 11.3. The Hall–Kier alpha value is -1.20. The first-order valence-corrected chi connectivity index (χ1v) is 7.42. The summed E-state index contributed by atoms with van der Waals surface area (Å²) < 4.78 is 0.964. The van der Waals surface area contributed by atoms with Crippen molar-refractivity contribution in [2.24, 2.45) is 11.7 Å². The third-order valence-electron chi connectivity index (χ3n) is 3.81. The number of piperidine rings is 1. The average Bonchev–Trinajstić information content (AvgIpc) is 2.46. The monoisotopic (exact) mass is 320 g/mol. The predicted molar refractivity (Wildman–Crippen MR) is 81.2 cm³/mol. The van der Waals surface area contributed by atoms with Crippen LogP contribution < -0.4 is 10.6 Å². The number of aromatic nitrogens is 2. The first-order chi connectivity index (χ1) is 9.28. The Morgan fingerprint density at radius 1 is 1.32 bits per heavy atom. The molecule has 19 heavy (non-hydrogen) atoms. The third kappa shape index (κ3) is 2.58. The fraction of sp³-hybridized carbons (Fsp3) is 0.429. The van der Waals surface area contributed by atoms with E-state index >= 15 is 0 Å². The Morgan fingerprint density at radius 2 is 2.11 bits per heavy atom. The lowest BCUT2D eigenvalue weighted by atomic mass is 9.97. The maximum Gasteiger partial charge on any atom is 0.112 e. The summed E-state index contributed by atoms with van der Waals surface area (Å²) in [5, 5.41) is 0. The molecule has 3 heterocycles. The number of nitrogens with zero attached hydrogens (tertiary/aromatic N) is 3. The Morgan fingerprint density at radius 3 is 2.84 bits per heavy atom.